The quantitative estimate of drug-likeness (QED) is 0.283. The highest BCUT2D eigenvalue weighted by Gasteiger charge is 2.60. The molecule has 1 N–H and O–H groups in total. The Morgan fingerprint density at radius 3 is 2.50 bits per heavy atom. The molecule has 8 nitrogen and oxygen atoms in total. The number of amides is 1. The van der Waals surface area contributed by atoms with Crippen LogP contribution in [0.3, 0.4) is 0 Å². The van der Waals surface area contributed by atoms with Crippen molar-refractivity contribution in [2.75, 3.05) is 19.0 Å². The van der Waals surface area contributed by atoms with E-state index in [-0.39, 0.29) is 28.3 Å². The highest BCUT2D eigenvalue weighted by atomic mass is 79.9. The Labute approximate surface area is 183 Å². The summed E-state index contributed by atoms with van der Waals surface area (Å²) < 4.78 is 10.5. The first-order valence-electron chi connectivity index (χ1n) is 10.1. The fraction of sp³-hybridized carbons (Fsp3) is 0.619. The van der Waals surface area contributed by atoms with Gasteiger partial charge in [-0.25, -0.2) is 0 Å². The van der Waals surface area contributed by atoms with Crippen molar-refractivity contribution < 1.29 is 24.0 Å². The van der Waals surface area contributed by atoms with Crippen LogP contribution < -0.4 is 10.1 Å². The lowest BCUT2D eigenvalue weighted by atomic mass is 9.49. The van der Waals surface area contributed by atoms with Crippen molar-refractivity contribution in [3.8, 4) is 5.75 Å². The molecule has 0 heterocycles. The zero-order valence-electron chi connectivity index (χ0n) is 17.0. The van der Waals surface area contributed by atoms with Gasteiger partial charge in [-0.3, -0.25) is 19.7 Å². The zero-order chi connectivity index (χ0) is 21.7. The highest BCUT2D eigenvalue weighted by molar-refractivity contribution is 9.10. The number of hydrogen-bond donors (Lipinski definition) is 1. The molecule has 9 heteroatoms. The van der Waals surface area contributed by atoms with E-state index in [1.807, 2.05) is 0 Å². The van der Waals surface area contributed by atoms with Crippen molar-refractivity contribution in [1.29, 1.82) is 0 Å². The van der Waals surface area contributed by atoms with E-state index in [0.29, 0.717) is 23.1 Å². The maximum Gasteiger partial charge on any atom is 0.312 e. The number of hydrogen-bond acceptors (Lipinski definition) is 6. The summed E-state index contributed by atoms with van der Waals surface area (Å²) in [5.74, 6) is 0.368. The maximum atomic E-state index is 13.0. The van der Waals surface area contributed by atoms with Gasteiger partial charge in [-0.2, -0.15) is 0 Å². The molecule has 2 atom stereocenters. The molecule has 4 saturated carbocycles. The van der Waals surface area contributed by atoms with E-state index >= 15 is 0 Å². The van der Waals surface area contributed by atoms with E-state index in [0.717, 1.165) is 32.1 Å². The average molecular weight is 481 g/mol. The minimum Gasteiger partial charge on any atom is -0.490 e. The average Bonchev–Trinajstić information content (AvgIpc) is 2.65. The number of halogens is 1. The number of rotatable bonds is 6. The first-order valence-corrected chi connectivity index (χ1v) is 10.9. The van der Waals surface area contributed by atoms with Crippen LogP contribution in [0.15, 0.2) is 12.1 Å². The Balaban J connectivity index is 1.40. The molecule has 162 valence electrons. The van der Waals surface area contributed by atoms with E-state index in [1.54, 1.807) is 6.92 Å². The minimum atomic E-state index is -0.540. The molecule has 0 aromatic heterocycles. The van der Waals surface area contributed by atoms with Crippen molar-refractivity contribution in [2.45, 2.75) is 49.8 Å². The molecule has 4 aliphatic rings. The number of esters is 1. The molecule has 0 radical (unpaired) electrons. The number of aryl methyl sites for hydroxylation is 1. The zero-order valence-corrected chi connectivity index (χ0v) is 18.6. The van der Waals surface area contributed by atoms with Crippen molar-refractivity contribution in [3.63, 3.8) is 0 Å². The van der Waals surface area contributed by atoms with Gasteiger partial charge in [0.1, 0.15) is 0 Å². The second-order valence-corrected chi connectivity index (χ2v) is 10.8. The number of nitrogens with one attached hydrogen (secondary N) is 1. The molecular formula is C21H25BrN2O6. The Morgan fingerprint density at radius 1 is 1.27 bits per heavy atom. The molecule has 0 spiro atoms. The third-order valence-electron chi connectivity index (χ3n) is 6.75. The van der Waals surface area contributed by atoms with E-state index in [2.05, 4.69) is 21.2 Å². The van der Waals surface area contributed by atoms with E-state index in [9.17, 15) is 19.7 Å². The van der Waals surface area contributed by atoms with Crippen LogP contribution in [0, 0.1) is 34.3 Å². The predicted molar refractivity (Wildman–Crippen MR) is 113 cm³/mol. The van der Waals surface area contributed by atoms with Crippen molar-refractivity contribution in [3.05, 3.63) is 27.8 Å². The van der Waals surface area contributed by atoms with E-state index < -0.39 is 16.2 Å². The van der Waals surface area contributed by atoms with Crippen LogP contribution in [-0.4, -0.2) is 34.8 Å². The molecule has 5 rings (SSSR count). The SMILES string of the molecule is COc1cc(NC(=O)COC(=O)C23C[C@H]4C[C@@H](CC(Br)(C4)C2)C3)c(C)cc1[N+](=O)[O-]. The summed E-state index contributed by atoms with van der Waals surface area (Å²) in [5, 5.41) is 13.8. The lowest BCUT2D eigenvalue weighted by molar-refractivity contribution is -0.385. The largest absolute Gasteiger partial charge is 0.490 e. The number of nitro benzene ring substituents is 1. The van der Waals surface area contributed by atoms with Gasteiger partial charge >= 0.3 is 11.7 Å². The number of carbonyl (C=O) groups is 2. The number of ether oxygens (including phenoxy) is 2. The summed E-state index contributed by atoms with van der Waals surface area (Å²) in [6.45, 7) is 1.27. The second-order valence-electron chi connectivity index (χ2n) is 9.11. The van der Waals surface area contributed by atoms with Gasteiger partial charge in [-0.05, 0) is 62.8 Å². The van der Waals surface area contributed by atoms with Gasteiger partial charge in [-0.15, -0.1) is 0 Å². The normalized spacial score (nSPS) is 31.3. The molecule has 30 heavy (non-hydrogen) atoms. The van der Waals surface area contributed by atoms with Gasteiger partial charge in [0.05, 0.1) is 17.4 Å². The number of nitrogens with zero attached hydrogens (tertiary/aromatic N) is 1. The first kappa shape index (κ1) is 21.1. The summed E-state index contributed by atoms with van der Waals surface area (Å²) >= 11 is 3.88. The van der Waals surface area contributed by atoms with Crippen molar-refractivity contribution in [1.82, 2.24) is 0 Å². The number of alkyl halides is 1. The monoisotopic (exact) mass is 480 g/mol. The fourth-order valence-electron chi connectivity index (χ4n) is 5.97. The molecule has 1 amide bonds. The van der Waals surface area contributed by atoms with E-state index in [1.165, 1.54) is 25.7 Å². The number of methoxy groups -OCH3 is 1. The van der Waals surface area contributed by atoms with Crippen molar-refractivity contribution >= 4 is 39.2 Å². The molecule has 0 aliphatic heterocycles. The molecular weight excluding hydrogens is 456 g/mol. The standard InChI is InChI=1S/C21H25BrN2O6/c1-12-3-16(24(27)28)17(29-2)5-15(12)23-18(25)10-30-19(26)20-6-13-4-14(7-20)9-21(22,8-13)11-20/h3,5,13-14H,4,6-11H2,1-2H3,(H,23,25)/t13-,14-,20?,21?/m1/s1. The number of nitro groups is 1. The smallest absolute Gasteiger partial charge is 0.312 e. The highest BCUT2D eigenvalue weighted by Crippen LogP contribution is 2.64. The van der Waals surface area contributed by atoms with Gasteiger partial charge in [0, 0.05) is 22.1 Å². The maximum absolute atomic E-state index is 13.0. The Bertz CT molecular complexity index is 903. The third-order valence-corrected chi connectivity index (χ3v) is 7.68. The predicted octanol–water partition coefficient (Wildman–Crippen LogP) is 4.13. The Hall–Kier alpha value is -2.16. The van der Waals surface area contributed by atoms with Crippen LogP contribution in [0.5, 0.6) is 5.75 Å². The van der Waals surface area contributed by atoms with Crippen LogP contribution >= 0.6 is 15.9 Å². The molecule has 4 aliphatic carbocycles. The molecule has 1 aromatic carbocycles. The summed E-state index contributed by atoms with van der Waals surface area (Å²) in [6, 6.07) is 2.74. The summed E-state index contributed by atoms with van der Waals surface area (Å²) in [6.07, 6.45) is 5.86. The summed E-state index contributed by atoms with van der Waals surface area (Å²) in [5.41, 5.74) is 0.238. The van der Waals surface area contributed by atoms with Gasteiger partial charge in [0.15, 0.2) is 12.4 Å². The Kier molecular flexibility index (Phi) is 5.28. The molecule has 0 unspecified atom stereocenters. The molecule has 1 aromatic rings. The van der Waals surface area contributed by atoms with Gasteiger partial charge in [0.2, 0.25) is 0 Å². The van der Waals surface area contributed by atoms with Crippen LogP contribution in [0.25, 0.3) is 0 Å². The lowest BCUT2D eigenvalue weighted by Gasteiger charge is -2.58. The fourth-order valence-corrected chi connectivity index (χ4v) is 7.43. The molecule has 4 fully saturated rings. The number of benzene rings is 1. The van der Waals surface area contributed by atoms with Crippen LogP contribution in [-0.2, 0) is 14.3 Å². The van der Waals surface area contributed by atoms with Gasteiger partial charge < -0.3 is 14.8 Å². The first-order chi connectivity index (χ1) is 14.1. The minimum absolute atomic E-state index is 0.0325. The van der Waals surface area contributed by atoms with Crippen LogP contribution in [0.2, 0.25) is 0 Å². The number of anilines is 1. The van der Waals surface area contributed by atoms with E-state index in [4.69, 9.17) is 9.47 Å². The van der Waals surface area contributed by atoms with Gasteiger partial charge in [0.25, 0.3) is 5.91 Å². The van der Waals surface area contributed by atoms with Crippen LogP contribution in [0.1, 0.15) is 44.1 Å². The third kappa shape index (κ3) is 3.79. The molecule has 0 saturated heterocycles. The van der Waals surface area contributed by atoms with Crippen LogP contribution in [0.4, 0.5) is 11.4 Å². The Morgan fingerprint density at radius 2 is 1.93 bits per heavy atom. The topological polar surface area (TPSA) is 108 Å². The van der Waals surface area contributed by atoms with Crippen molar-refractivity contribution in [2.24, 2.45) is 17.3 Å². The number of carbonyl (C=O) groups excluding carboxylic acids is 2. The van der Waals surface area contributed by atoms with Gasteiger partial charge in [-0.1, -0.05) is 15.9 Å². The summed E-state index contributed by atoms with van der Waals surface area (Å²) in [4.78, 5) is 35.9. The second kappa shape index (κ2) is 7.51. The molecule has 4 bridgehead atoms. The summed E-state index contributed by atoms with van der Waals surface area (Å²) in [7, 11) is 1.33. The lowest BCUT2D eigenvalue weighted by Crippen LogP contribution is -2.56.